The third kappa shape index (κ3) is 3.15. The summed E-state index contributed by atoms with van der Waals surface area (Å²) in [6.45, 7) is 3.78. The van der Waals surface area contributed by atoms with Crippen molar-refractivity contribution in [2.75, 3.05) is 11.9 Å². The maximum Gasteiger partial charge on any atom is 0.339 e. The first kappa shape index (κ1) is 11.9. The Balaban J connectivity index is 3.01. The molecule has 0 fully saturated rings. The van der Waals surface area contributed by atoms with E-state index in [1.54, 1.807) is 12.1 Å². The molecule has 5 heteroatoms. The van der Waals surface area contributed by atoms with Crippen LogP contribution >= 0.6 is 23.2 Å². The van der Waals surface area contributed by atoms with Crippen molar-refractivity contribution in [3.05, 3.63) is 40.4 Å². The van der Waals surface area contributed by atoms with Crippen molar-refractivity contribution in [3.63, 3.8) is 0 Å². The minimum absolute atomic E-state index is 0.0390. The molecule has 0 radical (unpaired) electrons. The van der Waals surface area contributed by atoms with Crippen LogP contribution < -0.4 is 5.32 Å². The monoisotopic (exact) mass is 245 g/mol. The SMILES string of the molecule is C=C(Cl)CNc1cccc(Cl)c1C(=O)O. The van der Waals surface area contributed by atoms with Crippen LogP contribution in [0.3, 0.4) is 0 Å². The molecule has 0 heterocycles. The molecule has 0 aromatic heterocycles. The van der Waals surface area contributed by atoms with E-state index in [1.807, 2.05) is 0 Å². The van der Waals surface area contributed by atoms with Crippen LogP contribution in [0.2, 0.25) is 5.02 Å². The summed E-state index contributed by atoms with van der Waals surface area (Å²) in [5.74, 6) is -1.08. The van der Waals surface area contributed by atoms with Crippen molar-refractivity contribution in [2.45, 2.75) is 0 Å². The van der Waals surface area contributed by atoms with Crippen LogP contribution in [0, 0.1) is 0 Å². The minimum Gasteiger partial charge on any atom is -0.478 e. The lowest BCUT2D eigenvalue weighted by Crippen LogP contribution is -2.08. The Morgan fingerprint density at radius 3 is 2.73 bits per heavy atom. The number of carboxylic acids is 1. The van der Waals surface area contributed by atoms with Crippen molar-refractivity contribution in [2.24, 2.45) is 0 Å². The Morgan fingerprint density at radius 2 is 2.20 bits per heavy atom. The Morgan fingerprint density at radius 1 is 1.53 bits per heavy atom. The summed E-state index contributed by atoms with van der Waals surface area (Å²) < 4.78 is 0. The molecule has 0 atom stereocenters. The van der Waals surface area contributed by atoms with Crippen LogP contribution in [0.4, 0.5) is 5.69 Å². The van der Waals surface area contributed by atoms with Crippen molar-refractivity contribution in [1.82, 2.24) is 0 Å². The van der Waals surface area contributed by atoms with Gasteiger partial charge in [-0.3, -0.25) is 0 Å². The van der Waals surface area contributed by atoms with Crippen LogP contribution in [-0.2, 0) is 0 Å². The number of benzene rings is 1. The number of nitrogens with one attached hydrogen (secondary N) is 1. The number of anilines is 1. The van der Waals surface area contributed by atoms with E-state index >= 15 is 0 Å². The van der Waals surface area contributed by atoms with E-state index < -0.39 is 5.97 Å². The molecule has 0 aliphatic carbocycles. The average molecular weight is 246 g/mol. The Hall–Kier alpha value is -1.19. The van der Waals surface area contributed by atoms with Crippen molar-refractivity contribution in [1.29, 1.82) is 0 Å². The number of hydrogen-bond donors (Lipinski definition) is 2. The van der Waals surface area contributed by atoms with Gasteiger partial charge in [0.05, 0.1) is 17.3 Å². The molecule has 0 aliphatic rings. The maximum absolute atomic E-state index is 10.9. The maximum atomic E-state index is 10.9. The van der Waals surface area contributed by atoms with E-state index in [9.17, 15) is 4.79 Å². The number of hydrogen-bond acceptors (Lipinski definition) is 2. The molecule has 2 N–H and O–H groups in total. The summed E-state index contributed by atoms with van der Waals surface area (Å²) in [4.78, 5) is 10.9. The van der Waals surface area contributed by atoms with Gasteiger partial charge in [0.15, 0.2) is 0 Å². The number of carbonyl (C=O) groups is 1. The lowest BCUT2D eigenvalue weighted by atomic mass is 10.2. The van der Waals surface area contributed by atoms with E-state index in [0.29, 0.717) is 17.3 Å². The van der Waals surface area contributed by atoms with E-state index in [2.05, 4.69) is 11.9 Å². The first-order valence-corrected chi connectivity index (χ1v) is 4.87. The zero-order valence-electron chi connectivity index (χ0n) is 7.76. The molecule has 0 aliphatic heterocycles. The highest BCUT2D eigenvalue weighted by molar-refractivity contribution is 6.34. The molecule has 0 spiro atoms. The Labute approximate surface area is 97.3 Å². The standard InChI is InChI=1S/C10H9Cl2NO2/c1-6(11)5-13-8-4-2-3-7(12)9(8)10(14)15/h2-4,13H,1,5H2,(H,14,15). The van der Waals surface area contributed by atoms with Gasteiger partial charge in [0.2, 0.25) is 0 Å². The molecule has 3 nitrogen and oxygen atoms in total. The Kier molecular flexibility index (Phi) is 4.00. The zero-order valence-corrected chi connectivity index (χ0v) is 9.27. The van der Waals surface area contributed by atoms with E-state index in [0.717, 1.165) is 0 Å². The smallest absolute Gasteiger partial charge is 0.339 e. The average Bonchev–Trinajstić information content (AvgIpc) is 2.13. The van der Waals surface area contributed by atoms with Gasteiger partial charge in [-0.2, -0.15) is 0 Å². The third-order valence-corrected chi connectivity index (χ3v) is 2.15. The molecular weight excluding hydrogens is 237 g/mol. The van der Waals surface area contributed by atoms with Gasteiger partial charge in [0.1, 0.15) is 5.56 Å². The summed E-state index contributed by atoms with van der Waals surface area (Å²) in [5.41, 5.74) is 0.467. The molecule has 1 rings (SSSR count). The lowest BCUT2D eigenvalue weighted by Gasteiger charge is -2.09. The van der Waals surface area contributed by atoms with Gasteiger partial charge in [-0.25, -0.2) is 4.79 Å². The summed E-state index contributed by atoms with van der Waals surface area (Å²) in [5, 5.41) is 12.4. The van der Waals surface area contributed by atoms with Crippen molar-refractivity contribution < 1.29 is 9.90 Å². The fourth-order valence-electron chi connectivity index (χ4n) is 1.08. The highest BCUT2D eigenvalue weighted by Crippen LogP contribution is 2.24. The van der Waals surface area contributed by atoms with Gasteiger partial charge < -0.3 is 10.4 Å². The van der Waals surface area contributed by atoms with Gasteiger partial charge in [0.25, 0.3) is 0 Å². The largest absolute Gasteiger partial charge is 0.478 e. The van der Waals surface area contributed by atoms with Gasteiger partial charge in [0, 0.05) is 5.03 Å². The van der Waals surface area contributed by atoms with Crippen LogP contribution in [0.5, 0.6) is 0 Å². The Bertz CT molecular complexity index is 404. The van der Waals surface area contributed by atoms with Gasteiger partial charge in [-0.05, 0) is 12.1 Å². The first-order valence-electron chi connectivity index (χ1n) is 4.11. The highest BCUT2D eigenvalue weighted by Gasteiger charge is 2.13. The summed E-state index contributed by atoms with van der Waals surface area (Å²) in [7, 11) is 0. The van der Waals surface area contributed by atoms with Crippen LogP contribution in [-0.4, -0.2) is 17.6 Å². The zero-order chi connectivity index (χ0) is 11.4. The lowest BCUT2D eigenvalue weighted by molar-refractivity contribution is 0.0698. The summed E-state index contributed by atoms with van der Waals surface area (Å²) in [6, 6.07) is 4.80. The minimum atomic E-state index is -1.08. The quantitative estimate of drug-likeness (QED) is 0.857. The second-order valence-electron chi connectivity index (χ2n) is 2.84. The topological polar surface area (TPSA) is 49.3 Å². The predicted molar refractivity (Wildman–Crippen MR) is 61.9 cm³/mol. The fraction of sp³-hybridized carbons (Fsp3) is 0.100. The normalized spacial score (nSPS) is 9.73. The number of halogens is 2. The number of carboxylic acid groups (broad SMARTS) is 1. The van der Waals surface area contributed by atoms with E-state index in [4.69, 9.17) is 28.3 Å². The van der Waals surface area contributed by atoms with E-state index in [-0.39, 0.29) is 10.6 Å². The van der Waals surface area contributed by atoms with Crippen LogP contribution in [0.25, 0.3) is 0 Å². The summed E-state index contributed by atoms with van der Waals surface area (Å²) in [6.07, 6.45) is 0. The van der Waals surface area contributed by atoms with Crippen molar-refractivity contribution in [3.8, 4) is 0 Å². The molecule has 0 saturated carbocycles. The molecule has 0 amide bonds. The third-order valence-electron chi connectivity index (χ3n) is 1.70. The summed E-state index contributed by atoms with van der Waals surface area (Å²) >= 11 is 11.3. The predicted octanol–water partition coefficient (Wildman–Crippen LogP) is 3.20. The first-order chi connectivity index (χ1) is 7.02. The van der Waals surface area contributed by atoms with Gasteiger partial charge in [-0.15, -0.1) is 0 Å². The van der Waals surface area contributed by atoms with E-state index in [1.165, 1.54) is 6.07 Å². The fourth-order valence-corrected chi connectivity index (χ4v) is 1.40. The molecular formula is C10H9Cl2NO2. The number of aromatic carboxylic acids is 1. The van der Waals surface area contributed by atoms with Crippen molar-refractivity contribution >= 4 is 34.9 Å². The van der Waals surface area contributed by atoms with Gasteiger partial charge in [-0.1, -0.05) is 35.8 Å². The molecule has 0 unspecified atom stereocenters. The molecule has 1 aromatic carbocycles. The molecule has 80 valence electrons. The highest BCUT2D eigenvalue weighted by atomic mass is 35.5. The molecule has 15 heavy (non-hydrogen) atoms. The second kappa shape index (κ2) is 5.05. The molecule has 0 bridgehead atoms. The second-order valence-corrected chi connectivity index (χ2v) is 3.78. The molecule has 0 saturated heterocycles. The van der Waals surface area contributed by atoms with Crippen LogP contribution in [0.15, 0.2) is 29.8 Å². The number of rotatable bonds is 4. The molecule has 1 aromatic rings. The van der Waals surface area contributed by atoms with Crippen LogP contribution in [0.1, 0.15) is 10.4 Å². The van der Waals surface area contributed by atoms with Gasteiger partial charge >= 0.3 is 5.97 Å².